The number of esters is 1. The minimum atomic E-state index is -0.532. The molecule has 0 amide bonds. The van der Waals surface area contributed by atoms with Gasteiger partial charge in [-0.2, -0.15) is 5.10 Å². The number of nitrogens with zero attached hydrogens (tertiary/aromatic N) is 4. The first-order valence-electron chi connectivity index (χ1n) is 10.6. The molecule has 0 spiro atoms. The summed E-state index contributed by atoms with van der Waals surface area (Å²) in [7, 11) is 0. The van der Waals surface area contributed by atoms with Crippen molar-refractivity contribution < 1.29 is 9.53 Å². The van der Waals surface area contributed by atoms with Gasteiger partial charge in [0.25, 0.3) is 5.56 Å². The molecule has 0 atom stereocenters. The number of rotatable bonds is 6. The quantitative estimate of drug-likeness (QED) is 0.267. The van der Waals surface area contributed by atoms with Crippen LogP contribution < -0.4 is 5.56 Å². The Morgan fingerprint density at radius 3 is 2.76 bits per heavy atom. The highest BCUT2D eigenvalue weighted by Gasteiger charge is 2.12. The minimum Gasteiger partial charge on any atom is -0.456 e. The van der Waals surface area contributed by atoms with Crippen LogP contribution in [0.25, 0.3) is 28.0 Å². The summed E-state index contributed by atoms with van der Waals surface area (Å²) in [6.07, 6.45) is 6.61. The van der Waals surface area contributed by atoms with Gasteiger partial charge in [0.05, 0.1) is 16.3 Å². The molecule has 8 heteroatoms. The van der Waals surface area contributed by atoms with Crippen LogP contribution in [-0.4, -0.2) is 25.1 Å². The van der Waals surface area contributed by atoms with Crippen LogP contribution in [0.2, 0.25) is 0 Å². The first kappa shape index (κ1) is 21.5. The van der Waals surface area contributed by atoms with E-state index in [1.54, 1.807) is 28.3 Å². The van der Waals surface area contributed by atoms with Gasteiger partial charge in [-0.3, -0.25) is 9.20 Å². The molecule has 5 rings (SSSR count). The molecule has 0 saturated heterocycles. The Morgan fingerprint density at radius 2 is 1.97 bits per heavy atom. The Balaban J connectivity index is 1.35. The van der Waals surface area contributed by atoms with E-state index in [0.29, 0.717) is 11.3 Å². The lowest BCUT2D eigenvalue weighted by molar-refractivity contribution is -0.139. The van der Waals surface area contributed by atoms with Crippen LogP contribution in [0.4, 0.5) is 0 Å². The Labute approximate surface area is 199 Å². The summed E-state index contributed by atoms with van der Waals surface area (Å²) in [6.45, 7) is 1.83. The highest BCUT2D eigenvalue weighted by molar-refractivity contribution is 7.13. The number of carbonyl (C=O) groups is 1. The number of hydrogen-bond acceptors (Lipinski definition) is 6. The summed E-state index contributed by atoms with van der Waals surface area (Å²) in [5.74, 6) is -0.532. The zero-order valence-corrected chi connectivity index (χ0v) is 19.1. The van der Waals surface area contributed by atoms with Gasteiger partial charge in [0.15, 0.2) is 0 Å². The van der Waals surface area contributed by atoms with Crippen LogP contribution in [0.15, 0.2) is 89.3 Å². The van der Waals surface area contributed by atoms with E-state index in [9.17, 15) is 9.59 Å². The van der Waals surface area contributed by atoms with Gasteiger partial charge in [-0.25, -0.2) is 14.5 Å². The molecule has 0 saturated carbocycles. The van der Waals surface area contributed by atoms with Crippen molar-refractivity contribution in [2.24, 2.45) is 0 Å². The van der Waals surface area contributed by atoms with Gasteiger partial charge in [-0.15, -0.1) is 11.3 Å². The number of aryl methyl sites for hydroxylation is 1. The predicted octanol–water partition coefficient (Wildman–Crippen LogP) is 4.67. The summed E-state index contributed by atoms with van der Waals surface area (Å²) >= 11 is 1.58. The van der Waals surface area contributed by atoms with Crippen LogP contribution in [0.1, 0.15) is 16.8 Å². The number of hydrogen-bond donors (Lipinski definition) is 0. The summed E-state index contributed by atoms with van der Waals surface area (Å²) in [4.78, 5) is 30.1. The third-order valence-corrected chi connectivity index (χ3v) is 6.03. The third-order valence-electron chi connectivity index (χ3n) is 5.15. The van der Waals surface area contributed by atoms with Gasteiger partial charge in [-0.05, 0) is 54.3 Å². The van der Waals surface area contributed by atoms with Crippen molar-refractivity contribution in [1.82, 2.24) is 19.2 Å². The van der Waals surface area contributed by atoms with Crippen LogP contribution in [0.3, 0.4) is 0 Å². The highest BCUT2D eigenvalue weighted by atomic mass is 32.1. The number of thiophene rings is 1. The number of benzene rings is 1. The third kappa shape index (κ3) is 4.57. The lowest BCUT2D eigenvalue weighted by atomic mass is 10.2. The maximum atomic E-state index is 12.4. The number of pyridine rings is 1. The average molecular weight is 469 g/mol. The van der Waals surface area contributed by atoms with Gasteiger partial charge >= 0.3 is 5.97 Å². The van der Waals surface area contributed by atoms with Crippen molar-refractivity contribution >= 4 is 29.0 Å². The van der Waals surface area contributed by atoms with Crippen LogP contribution in [-0.2, 0) is 16.1 Å². The zero-order chi connectivity index (χ0) is 23.5. The lowest BCUT2D eigenvalue weighted by Gasteiger charge is -2.05. The second-order valence-corrected chi connectivity index (χ2v) is 8.60. The molecule has 0 bridgehead atoms. The standard InChI is InChI=1S/C26H20N4O3S/c1-18-11-12-29-23(14-18)27-20(15-24(29)31)17-33-25(32)10-9-19-16-30(21-6-3-2-4-7-21)28-26(19)22-8-5-13-34-22/h2-16H,17H2,1H3/b10-9+. The molecule has 34 heavy (non-hydrogen) atoms. The highest BCUT2D eigenvalue weighted by Crippen LogP contribution is 2.28. The van der Waals surface area contributed by atoms with Crippen LogP contribution in [0, 0.1) is 6.92 Å². The number of aromatic nitrogens is 4. The Hall–Kier alpha value is -4.30. The lowest BCUT2D eigenvalue weighted by Crippen LogP contribution is -2.16. The van der Waals surface area contributed by atoms with Gasteiger partial charge in [-0.1, -0.05) is 24.3 Å². The molecule has 4 aromatic heterocycles. The van der Waals surface area contributed by atoms with Crippen LogP contribution >= 0.6 is 11.3 Å². The molecule has 5 aromatic rings. The predicted molar refractivity (Wildman–Crippen MR) is 132 cm³/mol. The zero-order valence-electron chi connectivity index (χ0n) is 18.3. The fourth-order valence-corrected chi connectivity index (χ4v) is 4.24. The molecule has 0 radical (unpaired) electrons. The molecule has 1 aromatic carbocycles. The number of fused-ring (bicyclic) bond motifs is 1. The van der Waals surface area contributed by atoms with E-state index in [1.165, 1.54) is 16.5 Å². The van der Waals surface area contributed by atoms with Crippen molar-refractivity contribution in [1.29, 1.82) is 0 Å². The maximum Gasteiger partial charge on any atom is 0.331 e. The van der Waals surface area contributed by atoms with Gasteiger partial charge in [0.1, 0.15) is 17.9 Å². The molecular formula is C26H20N4O3S. The second-order valence-electron chi connectivity index (χ2n) is 7.65. The van der Waals surface area contributed by atoms with Gasteiger partial charge < -0.3 is 4.74 Å². The normalized spacial score (nSPS) is 11.3. The van der Waals surface area contributed by atoms with Crippen molar-refractivity contribution in [3.05, 3.63) is 112 Å². The molecule has 4 heterocycles. The first-order chi connectivity index (χ1) is 16.6. The molecule has 0 unspecified atom stereocenters. The molecule has 0 aliphatic heterocycles. The van der Waals surface area contributed by atoms with Gasteiger partial charge in [0, 0.05) is 30.1 Å². The van der Waals surface area contributed by atoms with Gasteiger partial charge in [0.2, 0.25) is 0 Å². The molecule has 168 valence electrons. The monoisotopic (exact) mass is 468 g/mol. The maximum absolute atomic E-state index is 12.4. The molecule has 0 aliphatic carbocycles. The first-order valence-corrected chi connectivity index (χ1v) is 11.5. The van der Waals surface area contributed by atoms with E-state index in [2.05, 4.69) is 4.98 Å². The molecule has 0 N–H and O–H groups in total. The Bertz CT molecular complexity index is 1550. The Kier molecular flexibility index (Phi) is 5.88. The van der Waals surface area contributed by atoms with E-state index in [4.69, 9.17) is 9.84 Å². The van der Waals surface area contributed by atoms with E-state index in [1.807, 2.05) is 73.1 Å². The van der Waals surface area contributed by atoms with E-state index in [0.717, 1.165) is 27.4 Å². The largest absolute Gasteiger partial charge is 0.456 e. The average Bonchev–Trinajstić information content (AvgIpc) is 3.52. The van der Waals surface area contributed by atoms with E-state index < -0.39 is 5.97 Å². The second kappa shape index (κ2) is 9.29. The van der Waals surface area contributed by atoms with Crippen molar-refractivity contribution in [3.63, 3.8) is 0 Å². The summed E-state index contributed by atoms with van der Waals surface area (Å²) in [6, 6.07) is 18.7. The fraction of sp³-hybridized carbons (Fsp3) is 0.0769. The molecular weight excluding hydrogens is 448 g/mol. The summed E-state index contributed by atoms with van der Waals surface area (Å²) < 4.78 is 8.58. The summed E-state index contributed by atoms with van der Waals surface area (Å²) in [5.41, 5.74) is 4.17. The number of carbonyl (C=O) groups excluding carboxylic acids is 1. The smallest absolute Gasteiger partial charge is 0.331 e. The molecule has 7 nitrogen and oxygen atoms in total. The van der Waals surface area contributed by atoms with Crippen molar-refractivity contribution in [2.45, 2.75) is 13.5 Å². The van der Waals surface area contributed by atoms with E-state index >= 15 is 0 Å². The van der Waals surface area contributed by atoms with Crippen molar-refractivity contribution in [2.75, 3.05) is 0 Å². The van der Waals surface area contributed by atoms with Crippen molar-refractivity contribution in [3.8, 4) is 16.3 Å². The topological polar surface area (TPSA) is 78.5 Å². The molecule has 0 aliphatic rings. The SMILES string of the molecule is Cc1ccn2c(=O)cc(COC(=O)/C=C/c3cn(-c4ccccc4)nc3-c3cccs3)nc2c1. The summed E-state index contributed by atoms with van der Waals surface area (Å²) in [5, 5.41) is 6.70. The fourth-order valence-electron chi connectivity index (χ4n) is 3.51. The van der Waals surface area contributed by atoms with E-state index in [-0.39, 0.29) is 12.2 Å². The van der Waals surface area contributed by atoms with Crippen LogP contribution in [0.5, 0.6) is 0 Å². The molecule has 0 fully saturated rings. The number of ether oxygens (including phenoxy) is 1. The number of para-hydroxylation sites is 1. The minimum absolute atomic E-state index is 0.0933. The Morgan fingerprint density at radius 1 is 1.12 bits per heavy atom.